The molecule has 5 rings (SSSR count). The lowest BCUT2D eigenvalue weighted by atomic mass is 9.83. The summed E-state index contributed by atoms with van der Waals surface area (Å²) in [6.45, 7) is 10.2. The first-order valence-electron chi connectivity index (χ1n) is 14.1. The van der Waals surface area contributed by atoms with Crippen LogP contribution in [0.25, 0.3) is 11.0 Å². The van der Waals surface area contributed by atoms with Gasteiger partial charge in [-0.05, 0) is 46.6 Å². The molecule has 2 aromatic heterocycles. The van der Waals surface area contributed by atoms with Gasteiger partial charge in [0.25, 0.3) is 5.92 Å². The lowest BCUT2D eigenvalue weighted by molar-refractivity contribution is -0.133. The lowest BCUT2D eigenvalue weighted by Gasteiger charge is -2.45. The number of hydrogen-bond acceptors (Lipinski definition) is 7. The molecule has 2 fully saturated rings. The van der Waals surface area contributed by atoms with Crippen molar-refractivity contribution < 1.29 is 23.1 Å². The number of nitrogens with one attached hydrogen (secondary N) is 1. The number of halogens is 3. The first-order chi connectivity index (χ1) is 19.3. The SMILES string of the molecule is CC(=O)N1CCC(O)(c2cc3c(N[C@H](C)c4cccc(C(F)(F)C5CN(C(C)C)C5)c4F)ncnc3nc2C)CC1. The highest BCUT2D eigenvalue weighted by molar-refractivity contribution is 5.87. The largest absolute Gasteiger partial charge is 0.385 e. The quantitative estimate of drug-likeness (QED) is 0.417. The number of fused-ring (bicyclic) bond motifs is 1. The molecule has 8 nitrogen and oxygen atoms in total. The minimum absolute atomic E-state index is 0.0337. The van der Waals surface area contributed by atoms with E-state index in [2.05, 4.69) is 20.3 Å². The molecule has 220 valence electrons. The number of anilines is 1. The van der Waals surface area contributed by atoms with Crippen LogP contribution in [-0.4, -0.2) is 68.0 Å². The highest BCUT2D eigenvalue weighted by atomic mass is 19.3. The second kappa shape index (κ2) is 10.8. The van der Waals surface area contributed by atoms with Gasteiger partial charge < -0.3 is 15.3 Å². The topological polar surface area (TPSA) is 94.5 Å². The van der Waals surface area contributed by atoms with Crippen molar-refractivity contribution in [2.75, 3.05) is 31.5 Å². The van der Waals surface area contributed by atoms with E-state index >= 15 is 13.2 Å². The molecule has 1 amide bonds. The van der Waals surface area contributed by atoms with Crippen LogP contribution in [0.15, 0.2) is 30.6 Å². The predicted molar refractivity (Wildman–Crippen MR) is 150 cm³/mol. The number of hydrogen-bond donors (Lipinski definition) is 2. The highest BCUT2D eigenvalue weighted by Crippen LogP contribution is 2.44. The number of benzene rings is 1. The number of aromatic nitrogens is 3. The Labute approximate surface area is 238 Å². The van der Waals surface area contributed by atoms with E-state index in [1.165, 1.54) is 31.5 Å². The van der Waals surface area contributed by atoms with Gasteiger partial charge in [0.05, 0.1) is 28.5 Å². The molecule has 1 aromatic carbocycles. The molecule has 1 atom stereocenters. The number of aliphatic hydroxyl groups is 1. The number of aryl methyl sites for hydroxylation is 1. The van der Waals surface area contributed by atoms with Crippen molar-refractivity contribution in [1.29, 1.82) is 0 Å². The predicted octanol–water partition coefficient (Wildman–Crippen LogP) is 4.91. The van der Waals surface area contributed by atoms with E-state index in [9.17, 15) is 9.90 Å². The first-order valence-corrected chi connectivity index (χ1v) is 14.1. The van der Waals surface area contributed by atoms with Crippen molar-refractivity contribution in [1.82, 2.24) is 24.8 Å². The Kier molecular flexibility index (Phi) is 7.71. The monoisotopic (exact) mass is 570 g/mol. The molecule has 0 saturated carbocycles. The summed E-state index contributed by atoms with van der Waals surface area (Å²) in [4.78, 5) is 28.6. The summed E-state index contributed by atoms with van der Waals surface area (Å²) in [6, 6.07) is 5.37. The number of piperidine rings is 1. The van der Waals surface area contributed by atoms with Crippen molar-refractivity contribution in [2.24, 2.45) is 5.92 Å². The Hall–Kier alpha value is -3.31. The van der Waals surface area contributed by atoms with Gasteiger partial charge in [-0.25, -0.2) is 28.1 Å². The summed E-state index contributed by atoms with van der Waals surface area (Å²) in [7, 11) is 0. The number of rotatable bonds is 7. The van der Waals surface area contributed by atoms with E-state index in [-0.39, 0.29) is 30.6 Å². The first kappa shape index (κ1) is 29.2. The van der Waals surface area contributed by atoms with Crippen LogP contribution in [0.5, 0.6) is 0 Å². The summed E-state index contributed by atoms with van der Waals surface area (Å²) in [5.41, 5.74) is -0.0623. The molecule has 41 heavy (non-hydrogen) atoms. The minimum Gasteiger partial charge on any atom is -0.385 e. The fourth-order valence-corrected chi connectivity index (χ4v) is 5.93. The van der Waals surface area contributed by atoms with Crippen LogP contribution >= 0.6 is 0 Å². The van der Waals surface area contributed by atoms with Crippen molar-refractivity contribution in [3.63, 3.8) is 0 Å². The molecule has 11 heteroatoms. The van der Waals surface area contributed by atoms with E-state index in [0.717, 1.165) is 0 Å². The number of nitrogens with zero attached hydrogens (tertiary/aromatic N) is 5. The van der Waals surface area contributed by atoms with E-state index in [1.807, 2.05) is 18.7 Å². The molecule has 0 aliphatic carbocycles. The molecule has 2 N–H and O–H groups in total. The molecule has 0 spiro atoms. The number of carbonyl (C=O) groups excluding carboxylic acids is 1. The normalized spacial score (nSPS) is 18.9. The Morgan fingerprint density at radius 3 is 2.49 bits per heavy atom. The second-order valence-corrected chi connectivity index (χ2v) is 11.7. The highest BCUT2D eigenvalue weighted by Gasteiger charge is 2.50. The van der Waals surface area contributed by atoms with Gasteiger partial charge in [-0.2, -0.15) is 0 Å². The molecule has 4 heterocycles. The Morgan fingerprint density at radius 2 is 1.85 bits per heavy atom. The minimum atomic E-state index is -3.30. The smallest absolute Gasteiger partial charge is 0.281 e. The average molecular weight is 571 g/mol. The molecule has 0 radical (unpaired) electrons. The van der Waals surface area contributed by atoms with Gasteiger partial charge in [-0.3, -0.25) is 9.69 Å². The molecular formula is C30H37F3N6O2. The van der Waals surface area contributed by atoms with Crippen molar-refractivity contribution in [2.45, 2.75) is 71.1 Å². The van der Waals surface area contributed by atoms with Crippen LogP contribution in [0, 0.1) is 18.7 Å². The Bertz CT molecular complexity index is 1450. The number of likely N-dealkylation sites (tertiary alicyclic amines) is 2. The molecule has 2 aliphatic rings. The summed E-state index contributed by atoms with van der Waals surface area (Å²) < 4.78 is 46.4. The van der Waals surface area contributed by atoms with Crippen LogP contribution in [0.2, 0.25) is 0 Å². The molecule has 0 unspecified atom stereocenters. The van der Waals surface area contributed by atoms with Gasteiger partial charge in [0.1, 0.15) is 18.0 Å². The third kappa shape index (κ3) is 5.37. The molecule has 3 aromatic rings. The Morgan fingerprint density at radius 1 is 1.17 bits per heavy atom. The molecule has 0 bridgehead atoms. The fraction of sp³-hybridized carbons (Fsp3) is 0.533. The zero-order valence-corrected chi connectivity index (χ0v) is 24.1. The molecular weight excluding hydrogens is 533 g/mol. The number of carbonyl (C=O) groups is 1. The van der Waals surface area contributed by atoms with Crippen LogP contribution < -0.4 is 5.32 Å². The zero-order chi connectivity index (χ0) is 29.7. The van der Waals surface area contributed by atoms with Crippen molar-refractivity contribution in [3.8, 4) is 0 Å². The third-order valence-corrected chi connectivity index (χ3v) is 8.71. The van der Waals surface area contributed by atoms with E-state index in [0.29, 0.717) is 54.0 Å². The number of amides is 1. The fourth-order valence-electron chi connectivity index (χ4n) is 5.93. The molecule has 2 saturated heterocycles. The maximum absolute atomic E-state index is 15.7. The summed E-state index contributed by atoms with van der Waals surface area (Å²) in [5, 5.41) is 15.2. The maximum atomic E-state index is 15.7. The van der Waals surface area contributed by atoms with E-state index < -0.39 is 34.9 Å². The number of alkyl halides is 2. The van der Waals surface area contributed by atoms with Crippen LogP contribution in [0.1, 0.15) is 69.0 Å². The molecule has 2 aliphatic heterocycles. The maximum Gasteiger partial charge on any atom is 0.281 e. The van der Waals surface area contributed by atoms with Gasteiger partial charge in [-0.1, -0.05) is 18.2 Å². The van der Waals surface area contributed by atoms with Crippen LogP contribution in [0.4, 0.5) is 19.0 Å². The van der Waals surface area contributed by atoms with Gasteiger partial charge in [0.2, 0.25) is 5.91 Å². The zero-order valence-electron chi connectivity index (χ0n) is 24.1. The average Bonchev–Trinajstić information content (AvgIpc) is 2.87. The van der Waals surface area contributed by atoms with Crippen molar-refractivity contribution in [3.05, 3.63) is 58.8 Å². The summed E-state index contributed by atoms with van der Waals surface area (Å²) in [5.74, 6) is -4.85. The standard InChI is InChI=1S/C30H37F3N6O2/c1-17(2)39-14-21(15-39)30(32,33)24-8-6-7-22(26(24)31)18(3)36-27-23-13-25(19(4)37-28(23)35-16-34-27)29(41)9-11-38(12-10-29)20(5)40/h6-8,13,16-18,21,41H,9-12,14-15H2,1-5H3,(H,34,35,36,37)/t18-/m1/s1. The second-order valence-electron chi connectivity index (χ2n) is 11.7. The van der Waals surface area contributed by atoms with Gasteiger partial charge in [0.15, 0.2) is 5.65 Å². The van der Waals surface area contributed by atoms with Gasteiger partial charge >= 0.3 is 0 Å². The van der Waals surface area contributed by atoms with E-state index in [1.54, 1.807) is 24.8 Å². The van der Waals surface area contributed by atoms with Gasteiger partial charge in [0, 0.05) is 56.0 Å². The lowest BCUT2D eigenvalue weighted by Crippen LogP contribution is -2.56. The third-order valence-electron chi connectivity index (χ3n) is 8.71. The van der Waals surface area contributed by atoms with E-state index in [4.69, 9.17) is 0 Å². The van der Waals surface area contributed by atoms with Crippen LogP contribution in [0.3, 0.4) is 0 Å². The summed E-state index contributed by atoms with van der Waals surface area (Å²) >= 11 is 0. The van der Waals surface area contributed by atoms with Crippen LogP contribution in [-0.2, 0) is 16.3 Å². The van der Waals surface area contributed by atoms with Crippen molar-refractivity contribution >= 4 is 22.8 Å². The summed E-state index contributed by atoms with van der Waals surface area (Å²) in [6.07, 6.45) is 2.05. The number of pyridine rings is 1. The Balaban J connectivity index is 1.42. The van der Waals surface area contributed by atoms with Gasteiger partial charge in [-0.15, -0.1) is 0 Å².